The Balaban J connectivity index is 1.94. The van der Waals surface area contributed by atoms with Gasteiger partial charge in [-0.2, -0.15) is 0 Å². The van der Waals surface area contributed by atoms with Gasteiger partial charge in [0.05, 0.1) is 16.2 Å². The van der Waals surface area contributed by atoms with Crippen molar-refractivity contribution in [1.29, 1.82) is 0 Å². The van der Waals surface area contributed by atoms with Crippen LogP contribution in [0.5, 0.6) is 0 Å². The fraction of sp³-hybridized carbons (Fsp3) is 0.286. The predicted octanol–water partition coefficient (Wildman–Crippen LogP) is 2.39. The summed E-state index contributed by atoms with van der Waals surface area (Å²) >= 11 is 1.53. The molecule has 0 fully saturated rings. The molecule has 0 bridgehead atoms. The highest BCUT2D eigenvalue weighted by Crippen LogP contribution is 2.31. The van der Waals surface area contributed by atoms with Gasteiger partial charge in [0.25, 0.3) is 5.56 Å². The van der Waals surface area contributed by atoms with Crippen molar-refractivity contribution in [2.45, 2.75) is 30.8 Å². The summed E-state index contributed by atoms with van der Waals surface area (Å²) in [6.45, 7) is 4.84. The summed E-state index contributed by atoms with van der Waals surface area (Å²) in [5, 5.41) is 9.41. The number of aromatic nitrogens is 5. The van der Waals surface area contributed by atoms with Crippen molar-refractivity contribution in [3.05, 3.63) is 46.8 Å². The number of fused-ring (bicyclic) bond motifs is 1. The van der Waals surface area contributed by atoms with Crippen molar-refractivity contribution in [2.24, 2.45) is 0 Å². The number of hydrogen-bond donors (Lipinski definition) is 1. The van der Waals surface area contributed by atoms with Crippen LogP contribution in [0.2, 0.25) is 0 Å². The van der Waals surface area contributed by atoms with Gasteiger partial charge >= 0.3 is 0 Å². The molecule has 0 aliphatic carbocycles. The topological polar surface area (TPSA) is 76.5 Å². The van der Waals surface area contributed by atoms with Gasteiger partial charge in [0, 0.05) is 6.54 Å². The largest absolute Gasteiger partial charge is 0.309 e. The second-order valence-corrected chi connectivity index (χ2v) is 5.94. The molecule has 0 aliphatic heterocycles. The van der Waals surface area contributed by atoms with Gasteiger partial charge in [-0.1, -0.05) is 23.9 Å². The summed E-state index contributed by atoms with van der Waals surface area (Å²) in [6.07, 6.45) is 1.70. The van der Waals surface area contributed by atoms with Gasteiger partial charge < -0.3 is 9.55 Å². The Morgan fingerprint density at radius 3 is 3.00 bits per heavy atom. The number of nitrogens with zero attached hydrogens (tertiary/aromatic N) is 4. The molecule has 0 aliphatic rings. The van der Waals surface area contributed by atoms with Gasteiger partial charge in [0.1, 0.15) is 12.2 Å². The highest BCUT2D eigenvalue weighted by Gasteiger charge is 2.15. The Morgan fingerprint density at radius 2 is 2.19 bits per heavy atom. The summed E-state index contributed by atoms with van der Waals surface area (Å²) in [7, 11) is 0. The van der Waals surface area contributed by atoms with E-state index in [0.29, 0.717) is 16.7 Å². The first-order valence-electron chi connectivity index (χ1n) is 6.72. The SMILES string of the molecule is CCn1cnnc1S[C@H](C)c1nc2ccccc2c(=O)[nH]1. The summed E-state index contributed by atoms with van der Waals surface area (Å²) < 4.78 is 1.96. The van der Waals surface area contributed by atoms with E-state index in [-0.39, 0.29) is 10.8 Å². The third kappa shape index (κ3) is 2.69. The first-order chi connectivity index (χ1) is 10.2. The van der Waals surface area contributed by atoms with Crippen LogP contribution in [-0.4, -0.2) is 24.7 Å². The molecule has 108 valence electrons. The monoisotopic (exact) mass is 301 g/mol. The first kappa shape index (κ1) is 13.8. The number of aryl methyl sites for hydroxylation is 1. The van der Waals surface area contributed by atoms with Crippen LogP contribution in [0.25, 0.3) is 10.9 Å². The standard InChI is InChI=1S/C14H15N5OS/c1-3-19-8-15-18-14(19)21-9(2)12-16-11-7-5-4-6-10(11)13(20)17-12/h4-9H,3H2,1-2H3,(H,16,17,20)/t9-/m1/s1. The molecule has 1 aromatic carbocycles. The molecule has 21 heavy (non-hydrogen) atoms. The zero-order chi connectivity index (χ0) is 14.8. The molecule has 7 heteroatoms. The summed E-state index contributed by atoms with van der Waals surface area (Å²) in [5.41, 5.74) is 0.598. The Kier molecular flexibility index (Phi) is 3.74. The van der Waals surface area contributed by atoms with Crippen molar-refractivity contribution in [3.8, 4) is 0 Å². The molecule has 2 aromatic heterocycles. The van der Waals surface area contributed by atoms with Crippen LogP contribution in [0.3, 0.4) is 0 Å². The maximum absolute atomic E-state index is 12.1. The second kappa shape index (κ2) is 5.69. The average Bonchev–Trinajstić information content (AvgIpc) is 2.94. The minimum atomic E-state index is -0.111. The van der Waals surface area contributed by atoms with E-state index in [0.717, 1.165) is 11.7 Å². The maximum atomic E-state index is 12.1. The van der Waals surface area contributed by atoms with E-state index < -0.39 is 0 Å². The molecular formula is C14H15N5OS. The summed E-state index contributed by atoms with van der Waals surface area (Å²) in [5.74, 6) is 0.648. The number of nitrogens with one attached hydrogen (secondary N) is 1. The number of aromatic amines is 1. The fourth-order valence-electron chi connectivity index (χ4n) is 2.06. The lowest BCUT2D eigenvalue weighted by Gasteiger charge is -2.11. The normalized spacial score (nSPS) is 12.7. The lowest BCUT2D eigenvalue weighted by atomic mass is 10.2. The van der Waals surface area contributed by atoms with E-state index in [1.54, 1.807) is 12.4 Å². The molecule has 3 rings (SSSR count). The maximum Gasteiger partial charge on any atom is 0.258 e. The van der Waals surface area contributed by atoms with E-state index in [1.807, 2.05) is 36.6 Å². The highest BCUT2D eigenvalue weighted by molar-refractivity contribution is 7.99. The van der Waals surface area contributed by atoms with Gasteiger partial charge in [-0.15, -0.1) is 10.2 Å². The van der Waals surface area contributed by atoms with Crippen LogP contribution in [0.15, 0.2) is 40.5 Å². The van der Waals surface area contributed by atoms with Crippen LogP contribution < -0.4 is 5.56 Å². The van der Waals surface area contributed by atoms with E-state index in [2.05, 4.69) is 20.2 Å². The van der Waals surface area contributed by atoms with Crippen LogP contribution in [0.4, 0.5) is 0 Å². The van der Waals surface area contributed by atoms with E-state index >= 15 is 0 Å². The Labute approximate surface area is 125 Å². The number of thioether (sulfide) groups is 1. The molecule has 0 unspecified atom stereocenters. The number of hydrogen-bond acceptors (Lipinski definition) is 5. The Bertz CT molecular complexity index is 825. The number of para-hydroxylation sites is 1. The first-order valence-corrected chi connectivity index (χ1v) is 7.60. The summed E-state index contributed by atoms with van der Waals surface area (Å²) in [6, 6.07) is 7.33. The molecule has 2 heterocycles. The van der Waals surface area contributed by atoms with Crippen molar-refractivity contribution in [2.75, 3.05) is 0 Å². The van der Waals surface area contributed by atoms with Crippen LogP contribution in [-0.2, 0) is 6.54 Å². The Morgan fingerprint density at radius 1 is 1.38 bits per heavy atom. The smallest absolute Gasteiger partial charge is 0.258 e. The van der Waals surface area contributed by atoms with Gasteiger partial charge in [-0.3, -0.25) is 4.79 Å². The lowest BCUT2D eigenvalue weighted by Crippen LogP contribution is -2.13. The highest BCUT2D eigenvalue weighted by atomic mass is 32.2. The average molecular weight is 301 g/mol. The van der Waals surface area contributed by atoms with E-state index in [4.69, 9.17) is 0 Å². The van der Waals surface area contributed by atoms with Gasteiger partial charge in [-0.25, -0.2) is 4.98 Å². The third-order valence-corrected chi connectivity index (χ3v) is 4.32. The molecule has 6 nitrogen and oxygen atoms in total. The van der Waals surface area contributed by atoms with Gasteiger partial charge in [0.2, 0.25) is 0 Å². The molecule has 0 radical (unpaired) electrons. The zero-order valence-electron chi connectivity index (χ0n) is 11.8. The minimum Gasteiger partial charge on any atom is -0.309 e. The molecule has 0 spiro atoms. The van der Waals surface area contributed by atoms with E-state index in [9.17, 15) is 4.79 Å². The summed E-state index contributed by atoms with van der Waals surface area (Å²) in [4.78, 5) is 19.5. The number of benzene rings is 1. The van der Waals surface area contributed by atoms with Crippen molar-refractivity contribution >= 4 is 22.7 Å². The fourth-order valence-corrected chi connectivity index (χ4v) is 3.01. The molecule has 0 amide bonds. The number of rotatable bonds is 4. The van der Waals surface area contributed by atoms with Crippen molar-refractivity contribution in [1.82, 2.24) is 24.7 Å². The predicted molar refractivity (Wildman–Crippen MR) is 82.3 cm³/mol. The molecule has 0 saturated carbocycles. The van der Waals surface area contributed by atoms with Crippen molar-refractivity contribution < 1.29 is 0 Å². The zero-order valence-corrected chi connectivity index (χ0v) is 12.6. The van der Waals surface area contributed by atoms with Gasteiger partial charge in [-0.05, 0) is 26.0 Å². The molecule has 3 aromatic rings. The quantitative estimate of drug-likeness (QED) is 0.749. The van der Waals surface area contributed by atoms with Crippen LogP contribution >= 0.6 is 11.8 Å². The van der Waals surface area contributed by atoms with Gasteiger partial charge in [0.15, 0.2) is 5.16 Å². The van der Waals surface area contributed by atoms with Crippen LogP contribution in [0, 0.1) is 0 Å². The molecule has 1 atom stereocenters. The Hall–Kier alpha value is -2.15. The number of H-pyrrole nitrogens is 1. The lowest BCUT2D eigenvalue weighted by molar-refractivity contribution is 0.679. The molecule has 0 saturated heterocycles. The van der Waals surface area contributed by atoms with E-state index in [1.165, 1.54) is 11.8 Å². The third-order valence-electron chi connectivity index (χ3n) is 3.22. The van der Waals surface area contributed by atoms with Crippen molar-refractivity contribution in [3.63, 3.8) is 0 Å². The molecule has 1 N–H and O–H groups in total. The van der Waals surface area contributed by atoms with Crippen LogP contribution in [0.1, 0.15) is 24.9 Å². The second-order valence-electron chi connectivity index (χ2n) is 4.63. The minimum absolute atomic E-state index is 0.0168. The molecular weight excluding hydrogens is 286 g/mol.